The number of amides is 4. The predicted molar refractivity (Wildman–Crippen MR) is 98.1 cm³/mol. The summed E-state index contributed by atoms with van der Waals surface area (Å²) in [5.41, 5.74) is 0.444. The molecule has 152 valence electrons. The fourth-order valence-electron chi connectivity index (χ4n) is 2.47. The van der Waals surface area contributed by atoms with E-state index in [1.165, 1.54) is 11.9 Å². The number of imide groups is 1. The smallest absolute Gasteiger partial charge is 0.327 e. The molecule has 0 aliphatic carbocycles. The number of carbonyl (C=O) groups is 4. The second-order valence-corrected chi connectivity index (χ2v) is 5.85. The summed E-state index contributed by atoms with van der Waals surface area (Å²) >= 11 is 0. The van der Waals surface area contributed by atoms with Crippen LogP contribution < -0.4 is 14.8 Å². The summed E-state index contributed by atoms with van der Waals surface area (Å²) in [6.45, 7) is 3.40. The average molecular weight is 393 g/mol. The third-order valence-electron chi connectivity index (χ3n) is 3.71. The van der Waals surface area contributed by atoms with Crippen molar-refractivity contribution >= 4 is 29.5 Å². The Balaban J connectivity index is 1.86. The molecular weight excluding hydrogens is 370 g/mol. The molecule has 0 bridgehead atoms. The molecule has 1 N–H and O–H groups in total. The molecule has 10 nitrogen and oxygen atoms in total. The van der Waals surface area contributed by atoms with Gasteiger partial charge in [0.2, 0.25) is 0 Å². The fraction of sp³-hybridized carbons (Fsp3) is 0.444. The van der Waals surface area contributed by atoms with E-state index < -0.39 is 37.0 Å². The maximum atomic E-state index is 12.0. The standard InChI is InChI=1S/C18H23N3O7/c1-4-26-13-7-6-12(8-14(13)27-5-2)19-15(22)11-28-17(24)10-21-16(23)9-20(3)18(21)25/h6-8H,4-5,9-11H2,1-3H3,(H,19,22). The molecule has 10 heteroatoms. The van der Waals surface area contributed by atoms with Gasteiger partial charge in [0.1, 0.15) is 13.1 Å². The lowest BCUT2D eigenvalue weighted by Gasteiger charge is -2.14. The lowest BCUT2D eigenvalue weighted by atomic mass is 10.2. The number of hydrogen-bond donors (Lipinski definition) is 1. The molecule has 1 heterocycles. The molecule has 28 heavy (non-hydrogen) atoms. The van der Waals surface area contributed by atoms with Crippen molar-refractivity contribution < 1.29 is 33.4 Å². The van der Waals surface area contributed by atoms with E-state index in [0.717, 1.165) is 4.90 Å². The molecule has 0 saturated carbocycles. The summed E-state index contributed by atoms with van der Waals surface area (Å²) in [6, 6.07) is 4.32. The maximum absolute atomic E-state index is 12.0. The van der Waals surface area contributed by atoms with Gasteiger partial charge in [-0.3, -0.25) is 19.3 Å². The lowest BCUT2D eigenvalue weighted by molar-refractivity contribution is -0.149. The Labute approximate surface area is 162 Å². The van der Waals surface area contributed by atoms with Crippen LogP contribution in [-0.4, -0.2) is 73.6 Å². The van der Waals surface area contributed by atoms with Crippen LogP contribution in [0.25, 0.3) is 0 Å². The molecule has 1 fully saturated rings. The van der Waals surface area contributed by atoms with Gasteiger partial charge in [-0.1, -0.05) is 0 Å². The highest BCUT2D eigenvalue weighted by molar-refractivity contribution is 6.04. The summed E-state index contributed by atoms with van der Waals surface area (Å²) < 4.78 is 15.8. The van der Waals surface area contributed by atoms with Crippen LogP contribution in [0.5, 0.6) is 11.5 Å². The second kappa shape index (κ2) is 9.58. The first kappa shape index (κ1) is 21.0. The number of ether oxygens (including phenoxy) is 3. The van der Waals surface area contributed by atoms with Crippen molar-refractivity contribution in [1.82, 2.24) is 9.80 Å². The van der Waals surface area contributed by atoms with Crippen molar-refractivity contribution in [2.75, 3.05) is 45.3 Å². The number of likely N-dealkylation sites (N-methyl/N-ethyl adjacent to an activating group) is 1. The summed E-state index contributed by atoms with van der Waals surface area (Å²) in [5, 5.41) is 2.58. The third kappa shape index (κ3) is 5.35. The number of esters is 1. The van der Waals surface area contributed by atoms with Crippen LogP contribution in [-0.2, 0) is 19.1 Å². The first-order valence-electron chi connectivity index (χ1n) is 8.76. The Kier molecular flexibility index (Phi) is 7.19. The molecule has 0 spiro atoms. The van der Waals surface area contributed by atoms with E-state index in [2.05, 4.69) is 5.32 Å². The van der Waals surface area contributed by atoms with Gasteiger partial charge in [-0.15, -0.1) is 0 Å². The molecule has 1 aromatic carbocycles. The number of hydrogen-bond acceptors (Lipinski definition) is 7. The highest BCUT2D eigenvalue weighted by Gasteiger charge is 2.35. The highest BCUT2D eigenvalue weighted by Crippen LogP contribution is 2.30. The Morgan fingerprint density at radius 3 is 2.39 bits per heavy atom. The number of benzene rings is 1. The topological polar surface area (TPSA) is 114 Å². The molecule has 1 aliphatic rings. The van der Waals surface area contributed by atoms with E-state index >= 15 is 0 Å². The van der Waals surface area contributed by atoms with Crippen molar-refractivity contribution in [1.29, 1.82) is 0 Å². The summed E-state index contributed by atoms with van der Waals surface area (Å²) in [5.74, 6) is -0.884. The van der Waals surface area contributed by atoms with Gasteiger partial charge in [0.15, 0.2) is 18.1 Å². The maximum Gasteiger partial charge on any atom is 0.327 e. The van der Waals surface area contributed by atoms with Crippen LogP contribution in [0.3, 0.4) is 0 Å². The van der Waals surface area contributed by atoms with Gasteiger partial charge < -0.3 is 24.4 Å². The van der Waals surface area contributed by atoms with Gasteiger partial charge in [0, 0.05) is 18.8 Å². The molecule has 1 aliphatic heterocycles. The van der Waals surface area contributed by atoms with Crippen LogP contribution in [0.2, 0.25) is 0 Å². The molecular formula is C18H23N3O7. The third-order valence-corrected chi connectivity index (χ3v) is 3.71. The quantitative estimate of drug-likeness (QED) is 0.489. The summed E-state index contributed by atoms with van der Waals surface area (Å²) in [7, 11) is 1.45. The van der Waals surface area contributed by atoms with E-state index in [1.54, 1.807) is 18.2 Å². The largest absolute Gasteiger partial charge is 0.490 e. The van der Waals surface area contributed by atoms with Crippen molar-refractivity contribution in [3.63, 3.8) is 0 Å². The molecule has 0 atom stereocenters. The van der Waals surface area contributed by atoms with Gasteiger partial charge in [-0.2, -0.15) is 0 Å². The Morgan fingerprint density at radius 2 is 1.79 bits per heavy atom. The van der Waals surface area contributed by atoms with Gasteiger partial charge in [0.25, 0.3) is 11.8 Å². The van der Waals surface area contributed by atoms with Crippen molar-refractivity contribution in [3.05, 3.63) is 18.2 Å². The zero-order valence-corrected chi connectivity index (χ0v) is 16.0. The molecule has 0 unspecified atom stereocenters. The van der Waals surface area contributed by atoms with Gasteiger partial charge >= 0.3 is 12.0 Å². The first-order valence-corrected chi connectivity index (χ1v) is 8.76. The normalized spacial score (nSPS) is 13.5. The number of nitrogens with zero attached hydrogens (tertiary/aromatic N) is 2. The molecule has 0 aromatic heterocycles. The zero-order chi connectivity index (χ0) is 20.7. The monoisotopic (exact) mass is 393 g/mol. The minimum Gasteiger partial charge on any atom is -0.490 e. The van der Waals surface area contributed by atoms with E-state index in [9.17, 15) is 19.2 Å². The molecule has 4 amide bonds. The molecule has 0 radical (unpaired) electrons. The number of carbonyl (C=O) groups excluding carboxylic acids is 4. The number of urea groups is 1. The minimum atomic E-state index is -0.853. The Bertz CT molecular complexity index is 766. The van der Waals surface area contributed by atoms with Crippen LogP contribution in [0, 0.1) is 0 Å². The molecule has 1 saturated heterocycles. The van der Waals surface area contributed by atoms with Gasteiger partial charge in [-0.05, 0) is 26.0 Å². The van der Waals surface area contributed by atoms with Crippen LogP contribution in [0.15, 0.2) is 18.2 Å². The summed E-state index contributed by atoms with van der Waals surface area (Å²) in [4.78, 5) is 49.1. The molecule has 1 aromatic rings. The Hall–Kier alpha value is -3.30. The van der Waals surface area contributed by atoms with Crippen LogP contribution >= 0.6 is 0 Å². The van der Waals surface area contributed by atoms with Crippen LogP contribution in [0.4, 0.5) is 10.5 Å². The Morgan fingerprint density at radius 1 is 1.11 bits per heavy atom. The predicted octanol–water partition coefficient (Wildman–Crippen LogP) is 0.860. The second-order valence-electron chi connectivity index (χ2n) is 5.85. The van der Waals surface area contributed by atoms with Crippen molar-refractivity contribution in [2.45, 2.75) is 13.8 Å². The number of anilines is 1. The SMILES string of the molecule is CCOc1ccc(NC(=O)COC(=O)CN2C(=O)CN(C)C2=O)cc1OCC. The zero-order valence-electron chi connectivity index (χ0n) is 16.0. The van der Waals surface area contributed by atoms with Gasteiger partial charge in [0.05, 0.1) is 13.2 Å². The number of nitrogens with one attached hydrogen (secondary N) is 1. The lowest BCUT2D eigenvalue weighted by Crippen LogP contribution is -2.37. The summed E-state index contributed by atoms with van der Waals surface area (Å²) in [6.07, 6.45) is 0. The van der Waals surface area contributed by atoms with Crippen molar-refractivity contribution in [2.24, 2.45) is 0 Å². The highest BCUT2D eigenvalue weighted by atomic mass is 16.5. The van der Waals surface area contributed by atoms with E-state index in [0.29, 0.717) is 30.4 Å². The van der Waals surface area contributed by atoms with Crippen molar-refractivity contribution in [3.8, 4) is 11.5 Å². The van der Waals surface area contributed by atoms with E-state index in [-0.39, 0.29) is 6.54 Å². The van der Waals surface area contributed by atoms with E-state index in [1.807, 2.05) is 13.8 Å². The molecule has 2 rings (SSSR count). The van der Waals surface area contributed by atoms with Crippen LogP contribution in [0.1, 0.15) is 13.8 Å². The number of rotatable bonds is 9. The average Bonchev–Trinajstić information content (AvgIpc) is 2.88. The first-order chi connectivity index (χ1) is 13.3. The fourth-order valence-corrected chi connectivity index (χ4v) is 2.47. The minimum absolute atomic E-state index is 0.0908. The van der Waals surface area contributed by atoms with Gasteiger partial charge in [-0.25, -0.2) is 4.79 Å². The van der Waals surface area contributed by atoms with E-state index in [4.69, 9.17) is 14.2 Å².